The third-order valence-electron chi connectivity index (χ3n) is 5.27. The van der Waals surface area contributed by atoms with Gasteiger partial charge in [-0.15, -0.1) is 0 Å². The van der Waals surface area contributed by atoms with Gasteiger partial charge in [-0.1, -0.05) is 18.6 Å². The molecule has 0 spiro atoms. The molecule has 5 heteroatoms. The minimum atomic E-state index is -0.301. The van der Waals surface area contributed by atoms with Crippen molar-refractivity contribution in [3.63, 3.8) is 0 Å². The van der Waals surface area contributed by atoms with Crippen molar-refractivity contribution in [2.24, 2.45) is 5.92 Å². The molecule has 3 rings (SSSR count). The highest BCUT2D eigenvalue weighted by atomic mass is 16.5. The number of aryl methyl sites for hydroxylation is 1. The standard InChI is InChI=1S/C19H27NO4/c1-23-15-5-2-4-14(12-15)8-9-19(22)20-10-11-24-13-17(20)16-6-3-7-18(16)21/h2,4-5,12,16-18,21H,3,6-11,13H2,1H3/t16-,17+,18-/m0/s1. The molecule has 2 fully saturated rings. The van der Waals surface area contributed by atoms with Crippen LogP contribution < -0.4 is 4.74 Å². The van der Waals surface area contributed by atoms with E-state index in [0.717, 1.165) is 30.6 Å². The monoisotopic (exact) mass is 333 g/mol. The molecule has 1 N–H and O–H groups in total. The number of amides is 1. The second kappa shape index (κ2) is 7.99. The first kappa shape index (κ1) is 17.2. The Hall–Kier alpha value is -1.59. The molecule has 1 aromatic carbocycles. The molecule has 1 amide bonds. The van der Waals surface area contributed by atoms with E-state index in [2.05, 4.69) is 0 Å². The van der Waals surface area contributed by atoms with E-state index in [1.165, 1.54) is 0 Å². The first-order valence-electron chi connectivity index (χ1n) is 8.87. The lowest BCUT2D eigenvalue weighted by Crippen LogP contribution is -2.53. The van der Waals surface area contributed by atoms with Gasteiger partial charge in [0.15, 0.2) is 0 Å². The molecule has 0 aromatic heterocycles. The number of methoxy groups -OCH3 is 1. The molecular formula is C19H27NO4. The second-order valence-corrected chi connectivity index (χ2v) is 6.74. The Morgan fingerprint density at radius 1 is 1.42 bits per heavy atom. The van der Waals surface area contributed by atoms with Crippen LogP contribution >= 0.6 is 0 Å². The molecule has 0 bridgehead atoms. The van der Waals surface area contributed by atoms with E-state index < -0.39 is 0 Å². The fourth-order valence-corrected chi connectivity index (χ4v) is 3.93. The predicted molar refractivity (Wildman–Crippen MR) is 91.0 cm³/mol. The van der Waals surface area contributed by atoms with Crippen molar-refractivity contribution in [2.45, 2.75) is 44.2 Å². The fourth-order valence-electron chi connectivity index (χ4n) is 3.93. The number of morpholine rings is 1. The van der Waals surface area contributed by atoms with Gasteiger partial charge in [-0.3, -0.25) is 4.79 Å². The molecule has 1 aliphatic carbocycles. The van der Waals surface area contributed by atoms with Crippen molar-refractivity contribution >= 4 is 5.91 Å². The van der Waals surface area contributed by atoms with Gasteiger partial charge in [0, 0.05) is 18.9 Å². The number of benzene rings is 1. The molecule has 1 aliphatic heterocycles. The zero-order valence-electron chi connectivity index (χ0n) is 14.3. The van der Waals surface area contributed by atoms with Gasteiger partial charge >= 0.3 is 0 Å². The number of rotatable bonds is 5. The van der Waals surface area contributed by atoms with Crippen LogP contribution in [0.3, 0.4) is 0 Å². The average molecular weight is 333 g/mol. The fraction of sp³-hybridized carbons (Fsp3) is 0.632. The molecule has 1 saturated heterocycles. The quantitative estimate of drug-likeness (QED) is 0.895. The van der Waals surface area contributed by atoms with Crippen LogP contribution in [0.5, 0.6) is 5.75 Å². The number of aliphatic hydroxyl groups is 1. The van der Waals surface area contributed by atoms with E-state index in [1.54, 1.807) is 7.11 Å². The Morgan fingerprint density at radius 2 is 2.29 bits per heavy atom. The largest absolute Gasteiger partial charge is 0.497 e. The molecule has 24 heavy (non-hydrogen) atoms. The van der Waals surface area contributed by atoms with Crippen LogP contribution in [0.15, 0.2) is 24.3 Å². The van der Waals surface area contributed by atoms with Crippen LogP contribution in [0.25, 0.3) is 0 Å². The summed E-state index contributed by atoms with van der Waals surface area (Å²) in [6.07, 6.45) is 3.74. The van der Waals surface area contributed by atoms with Crippen LogP contribution in [-0.2, 0) is 16.0 Å². The highest BCUT2D eigenvalue weighted by Gasteiger charge is 2.39. The first-order valence-corrected chi connectivity index (χ1v) is 8.87. The Balaban J connectivity index is 1.61. The molecule has 132 valence electrons. The van der Waals surface area contributed by atoms with Crippen LogP contribution in [0.2, 0.25) is 0 Å². The minimum absolute atomic E-state index is 0.0223. The lowest BCUT2D eigenvalue weighted by molar-refractivity contribution is -0.143. The van der Waals surface area contributed by atoms with Crippen LogP contribution in [-0.4, -0.2) is 54.9 Å². The van der Waals surface area contributed by atoms with Crippen molar-refractivity contribution < 1.29 is 19.4 Å². The van der Waals surface area contributed by atoms with Crippen LogP contribution in [0.1, 0.15) is 31.2 Å². The summed E-state index contributed by atoms with van der Waals surface area (Å²) in [5.41, 5.74) is 1.11. The SMILES string of the molecule is COc1cccc(CCC(=O)N2CCOC[C@@H]2[C@@H]2CCC[C@@H]2O)c1. The normalized spacial score (nSPS) is 27.2. The molecule has 2 aliphatic rings. The number of ether oxygens (including phenoxy) is 2. The number of nitrogens with zero attached hydrogens (tertiary/aromatic N) is 1. The van der Waals surface area contributed by atoms with E-state index in [1.807, 2.05) is 29.2 Å². The molecule has 0 unspecified atom stereocenters. The van der Waals surface area contributed by atoms with Gasteiger partial charge in [-0.2, -0.15) is 0 Å². The van der Waals surface area contributed by atoms with Gasteiger partial charge in [0.05, 0.1) is 32.5 Å². The summed E-state index contributed by atoms with van der Waals surface area (Å²) in [7, 11) is 1.65. The van der Waals surface area contributed by atoms with Crippen molar-refractivity contribution in [3.05, 3.63) is 29.8 Å². The Bertz CT molecular complexity index is 562. The summed E-state index contributed by atoms with van der Waals surface area (Å²) in [5.74, 6) is 1.13. The molecule has 1 aromatic rings. The van der Waals surface area contributed by atoms with Gasteiger partial charge in [0.2, 0.25) is 5.91 Å². The van der Waals surface area contributed by atoms with Crippen molar-refractivity contribution in [1.29, 1.82) is 0 Å². The number of carbonyl (C=O) groups is 1. The van der Waals surface area contributed by atoms with E-state index in [4.69, 9.17) is 9.47 Å². The number of hydrogen-bond acceptors (Lipinski definition) is 4. The summed E-state index contributed by atoms with van der Waals surface area (Å²) in [6, 6.07) is 7.88. The average Bonchev–Trinajstić information content (AvgIpc) is 3.05. The maximum Gasteiger partial charge on any atom is 0.223 e. The zero-order chi connectivity index (χ0) is 16.9. The maximum atomic E-state index is 12.8. The smallest absolute Gasteiger partial charge is 0.223 e. The Morgan fingerprint density at radius 3 is 3.04 bits per heavy atom. The minimum Gasteiger partial charge on any atom is -0.497 e. The number of carbonyl (C=O) groups excluding carboxylic acids is 1. The van der Waals surface area contributed by atoms with E-state index in [9.17, 15) is 9.90 Å². The molecule has 5 nitrogen and oxygen atoms in total. The molecular weight excluding hydrogens is 306 g/mol. The van der Waals surface area contributed by atoms with Crippen molar-refractivity contribution in [3.8, 4) is 5.75 Å². The highest BCUT2D eigenvalue weighted by Crippen LogP contribution is 2.32. The Labute approximate surface area is 143 Å². The summed E-state index contributed by atoms with van der Waals surface area (Å²) < 4.78 is 10.8. The predicted octanol–water partition coefficient (Wildman–Crippen LogP) is 2.02. The van der Waals surface area contributed by atoms with Crippen LogP contribution in [0.4, 0.5) is 0 Å². The molecule has 1 saturated carbocycles. The first-order chi connectivity index (χ1) is 11.7. The van der Waals surface area contributed by atoms with Crippen molar-refractivity contribution in [2.75, 3.05) is 26.9 Å². The van der Waals surface area contributed by atoms with E-state index in [-0.39, 0.29) is 24.0 Å². The Kier molecular flexibility index (Phi) is 5.74. The van der Waals surface area contributed by atoms with E-state index >= 15 is 0 Å². The molecule has 3 atom stereocenters. The summed E-state index contributed by atoms with van der Waals surface area (Å²) in [6.45, 7) is 1.77. The zero-order valence-corrected chi connectivity index (χ0v) is 14.3. The summed E-state index contributed by atoms with van der Waals surface area (Å²) in [5, 5.41) is 10.2. The van der Waals surface area contributed by atoms with Crippen molar-refractivity contribution in [1.82, 2.24) is 4.90 Å². The lowest BCUT2D eigenvalue weighted by atomic mass is 9.93. The van der Waals surface area contributed by atoms with Crippen LogP contribution in [0, 0.1) is 5.92 Å². The summed E-state index contributed by atoms with van der Waals surface area (Å²) >= 11 is 0. The van der Waals surface area contributed by atoms with Gasteiger partial charge in [-0.05, 0) is 37.0 Å². The summed E-state index contributed by atoms with van der Waals surface area (Å²) in [4.78, 5) is 14.7. The topological polar surface area (TPSA) is 59.0 Å². The molecule has 1 heterocycles. The lowest BCUT2D eigenvalue weighted by Gasteiger charge is -2.40. The third kappa shape index (κ3) is 3.90. The second-order valence-electron chi connectivity index (χ2n) is 6.74. The van der Waals surface area contributed by atoms with Gasteiger partial charge in [0.1, 0.15) is 5.75 Å². The van der Waals surface area contributed by atoms with E-state index in [0.29, 0.717) is 32.6 Å². The number of aliphatic hydroxyl groups excluding tert-OH is 1. The van der Waals surface area contributed by atoms with Gasteiger partial charge in [-0.25, -0.2) is 0 Å². The number of hydrogen-bond donors (Lipinski definition) is 1. The maximum absolute atomic E-state index is 12.8. The highest BCUT2D eigenvalue weighted by molar-refractivity contribution is 5.77. The molecule has 0 radical (unpaired) electrons. The van der Waals surface area contributed by atoms with Gasteiger partial charge < -0.3 is 19.5 Å². The third-order valence-corrected chi connectivity index (χ3v) is 5.27. The van der Waals surface area contributed by atoms with Gasteiger partial charge in [0.25, 0.3) is 0 Å².